The molecule has 1 rings (SSSR count). The highest BCUT2D eigenvalue weighted by Gasteiger charge is 2.33. The van der Waals surface area contributed by atoms with Crippen LogP contribution in [0.15, 0.2) is 18.2 Å². The minimum atomic E-state index is -4.63. The van der Waals surface area contributed by atoms with E-state index >= 15 is 0 Å². The van der Waals surface area contributed by atoms with Crippen molar-refractivity contribution in [3.05, 3.63) is 34.9 Å². The highest BCUT2D eigenvalue weighted by atomic mass is 19.4. The molecule has 0 radical (unpaired) electrons. The Morgan fingerprint density at radius 2 is 1.88 bits per heavy atom. The van der Waals surface area contributed by atoms with E-state index in [0.717, 1.165) is 12.1 Å². The van der Waals surface area contributed by atoms with Crippen LogP contribution in [0.1, 0.15) is 49.9 Å². The molecule has 1 aromatic carbocycles. The molecule has 1 atom stereocenters. The Bertz CT molecular complexity index is 562. The second kappa shape index (κ2) is 7.65. The maximum atomic E-state index is 13.1. The molecule has 24 heavy (non-hydrogen) atoms. The van der Waals surface area contributed by atoms with Gasteiger partial charge in [-0.1, -0.05) is 6.07 Å². The van der Waals surface area contributed by atoms with Gasteiger partial charge in [-0.3, -0.25) is 9.59 Å². The van der Waals surface area contributed by atoms with Crippen molar-refractivity contribution in [2.75, 3.05) is 6.61 Å². The van der Waals surface area contributed by atoms with E-state index < -0.39 is 29.4 Å². The van der Waals surface area contributed by atoms with Crippen molar-refractivity contribution >= 4 is 12.4 Å². The maximum absolute atomic E-state index is 13.1. The van der Waals surface area contributed by atoms with E-state index in [-0.39, 0.29) is 24.2 Å². The molecule has 0 aliphatic carbocycles. The van der Waals surface area contributed by atoms with Crippen LogP contribution in [0.5, 0.6) is 0 Å². The predicted octanol–water partition coefficient (Wildman–Crippen LogP) is 2.67. The van der Waals surface area contributed by atoms with Crippen LogP contribution in [0.3, 0.4) is 0 Å². The Morgan fingerprint density at radius 1 is 1.29 bits per heavy atom. The number of carbonyl (C=O) groups is 2. The smallest absolute Gasteiger partial charge is 0.416 e. The van der Waals surface area contributed by atoms with Gasteiger partial charge in [0.25, 0.3) is 0 Å². The van der Waals surface area contributed by atoms with Gasteiger partial charge in [-0.15, -0.1) is 0 Å². The van der Waals surface area contributed by atoms with Crippen molar-refractivity contribution in [2.24, 2.45) is 0 Å². The minimum absolute atomic E-state index is 0.0221. The summed E-state index contributed by atoms with van der Waals surface area (Å²) in [6.45, 7) is 4.40. The van der Waals surface area contributed by atoms with E-state index in [1.54, 1.807) is 6.92 Å². The highest BCUT2D eigenvalue weighted by molar-refractivity contribution is 5.71. The van der Waals surface area contributed by atoms with Crippen LogP contribution in [0, 0.1) is 0 Å². The first-order chi connectivity index (χ1) is 11.0. The number of ether oxygens (including phenoxy) is 1. The summed E-state index contributed by atoms with van der Waals surface area (Å²) in [5.41, 5.74) is -2.42. The van der Waals surface area contributed by atoms with Gasteiger partial charge in [-0.2, -0.15) is 13.2 Å². The van der Waals surface area contributed by atoms with Gasteiger partial charge in [0.2, 0.25) is 6.41 Å². The van der Waals surface area contributed by atoms with Crippen LogP contribution in [-0.2, 0) is 26.1 Å². The standard InChI is InChI=1S/C16H20F3NO4/c1-4-24-14(22)8-13(20-9-21)10-5-11(15(2,3)23)7-12(6-10)16(17,18)19/h5-7,9,13,23H,4,8H2,1-3H3,(H,20,21). The Kier molecular flexibility index (Phi) is 6.36. The molecule has 0 heterocycles. The van der Waals surface area contributed by atoms with Crippen molar-refractivity contribution in [3.8, 4) is 0 Å². The lowest BCUT2D eigenvalue weighted by Gasteiger charge is -2.23. The van der Waals surface area contributed by atoms with Crippen LogP contribution in [-0.4, -0.2) is 24.1 Å². The number of carbonyl (C=O) groups excluding carboxylic acids is 2. The number of esters is 1. The van der Waals surface area contributed by atoms with Crippen molar-refractivity contribution in [1.29, 1.82) is 0 Å². The first-order valence-electron chi connectivity index (χ1n) is 7.29. The molecule has 1 unspecified atom stereocenters. The number of nitrogens with one attached hydrogen (secondary N) is 1. The van der Waals surface area contributed by atoms with Crippen molar-refractivity contribution in [3.63, 3.8) is 0 Å². The van der Waals surface area contributed by atoms with Crippen molar-refractivity contribution in [1.82, 2.24) is 5.32 Å². The number of rotatable bonds is 7. The van der Waals surface area contributed by atoms with E-state index in [1.807, 2.05) is 0 Å². The highest BCUT2D eigenvalue weighted by Crippen LogP contribution is 2.35. The molecular weight excluding hydrogens is 327 g/mol. The molecule has 0 spiro atoms. The van der Waals surface area contributed by atoms with Crippen LogP contribution >= 0.6 is 0 Å². The fourth-order valence-corrected chi connectivity index (χ4v) is 2.11. The van der Waals surface area contributed by atoms with Crippen molar-refractivity contribution < 1.29 is 32.6 Å². The molecule has 0 aliphatic heterocycles. The second-order valence-corrected chi connectivity index (χ2v) is 5.75. The minimum Gasteiger partial charge on any atom is -0.466 e. The quantitative estimate of drug-likeness (QED) is 0.587. The monoisotopic (exact) mass is 347 g/mol. The number of benzene rings is 1. The largest absolute Gasteiger partial charge is 0.466 e. The lowest BCUT2D eigenvalue weighted by Crippen LogP contribution is -2.25. The first-order valence-corrected chi connectivity index (χ1v) is 7.29. The summed E-state index contributed by atoms with van der Waals surface area (Å²) in [5.74, 6) is -0.654. The normalized spacial score (nSPS) is 13.3. The summed E-state index contributed by atoms with van der Waals surface area (Å²) < 4.78 is 44.1. The summed E-state index contributed by atoms with van der Waals surface area (Å²) >= 11 is 0. The SMILES string of the molecule is CCOC(=O)CC(NC=O)c1cc(C(C)(C)O)cc(C(F)(F)F)c1. The van der Waals surface area contributed by atoms with Gasteiger partial charge in [-0.25, -0.2) is 0 Å². The third-order valence-corrected chi connectivity index (χ3v) is 3.34. The van der Waals surface area contributed by atoms with E-state index in [0.29, 0.717) is 6.41 Å². The van der Waals surface area contributed by atoms with Crippen LogP contribution < -0.4 is 5.32 Å². The van der Waals surface area contributed by atoms with E-state index in [4.69, 9.17) is 4.74 Å². The lowest BCUT2D eigenvalue weighted by molar-refractivity contribution is -0.143. The number of hydrogen-bond acceptors (Lipinski definition) is 4. The zero-order valence-electron chi connectivity index (χ0n) is 13.6. The van der Waals surface area contributed by atoms with Crippen LogP contribution in [0.2, 0.25) is 0 Å². The number of amides is 1. The summed E-state index contributed by atoms with van der Waals surface area (Å²) in [4.78, 5) is 22.4. The summed E-state index contributed by atoms with van der Waals surface area (Å²) in [6, 6.07) is 2.02. The fraction of sp³-hybridized carbons (Fsp3) is 0.500. The molecule has 5 nitrogen and oxygen atoms in total. The Labute approximate surface area is 137 Å². The molecule has 0 saturated carbocycles. The Balaban J connectivity index is 3.35. The molecule has 2 N–H and O–H groups in total. The average molecular weight is 347 g/mol. The Hall–Kier alpha value is -2.09. The zero-order chi connectivity index (χ0) is 18.5. The molecule has 0 aromatic heterocycles. The van der Waals surface area contributed by atoms with Gasteiger partial charge in [0.1, 0.15) is 0 Å². The number of halogens is 3. The Morgan fingerprint density at radius 3 is 2.33 bits per heavy atom. The second-order valence-electron chi connectivity index (χ2n) is 5.75. The maximum Gasteiger partial charge on any atom is 0.416 e. The molecule has 0 saturated heterocycles. The molecule has 8 heteroatoms. The summed E-state index contributed by atoms with van der Waals surface area (Å²) in [7, 11) is 0. The third-order valence-electron chi connectivity index (χ3n) is 3.34. The molecule has 1 aromatic rings. The average Bonchev–Trinajstić information content (AvgIpc) is 2.44. The molecule has 1 amide bonds. The molecule has 0 bridgehead atoms. The fourth-order valence-electron chi connectivity index (χ4n) is 2.11. The van der Waals surface area contributed by atoms with E-state index in [1.165, 1.54) is 19.9 Å². The van der Waals surface area contributed by atoms with Crippen LogP contribution in [0.4, 0.5) is 13.2 Å². The van der Waals surface area contributed by atoms with Gasteiger partial charge in [-0.05, 0) is 44.0 Å². The lowest BCUT2D eigenvalue weighted by atomic mass is 9.91. The summed E-state index contributed by atoms with van der Waals surface area (Å²) in [5, 5.41) is 12.3. The number of alkyl halides is 3. The molecule has 134 valence electrons. The van der Waals surface area contributed by atoms with Gasteiger partial charge in [0.15, 0.2) is 0 Å². The van der Waals surface area contributed by atoms with Gasteiger partial charge < -0.3 is 15.2 Å². The first kappa shape index (κ1) is 20.0. The van der Waals surface area contributed by atoms with E-state index in [2.05, 4.69) is 5.32 Å². The number of aliphatic hydroxyl groups is 1. The van der Waals surface area contributed by atoms with Gasteiger partial charge in [0, 0.05) is 0 Å². The zero-order valence-corrected chi connectivity index (χ0v) is 13.6. The van der Waals surface area contributed by atoms with Gasteiger partial charge in [0.05, 0.1) is 30.2 Å². The molecular formula is C16H20F3NO4. The third kappa shape index (κ3) is 5.52. The van der Waals surface area contributed by atoms with Crippen LogP contribution in [0.25, 0.3) is 0 Å². The van der Waals surface area contributed by atoms with Gasteiger partial charge >= 0.3 is 12.1 Å². The van der Waals surface area contributed by atoms with Crippen molar-refractivity contribution in [2.45, 2.75) is 45.0 Å². The molecule has 0 fully saturated rings. The summed E-state index contributed by atoms with van der Waals surface area (Å²) in [6.07, 6.45) is -4.65. The topological polar surface area (TPSA) is 75.6 Å². The number of hydrogen-bond donors (Lipinski definition) is 2. The van der Waals surface area contributed by atoms with E-state index in [9.17, 15) is 27.9 Å². The predicted molar refractivity (Wildman–Crippen MR) is 79.9 cm³/mol. The molecule has 0 aliphatic rings.